The van der Waals surface area contributed by atoms with Crippen LogP contribution in [-0.2, 0) is 14.3 Å². The second-order valence-corrected chi connectivity index (χ2v) is 18.3. The van der Waals surface area contributed by atoms with E-state index in [1.807, 2.05) is 0 Å². The predicted octanol–water partition coefficient (Wildman–Crippen LogP) is 9.12. The van der Waals surface area contributed by atoms with Crippen LogP contribution in [0.4, 0.5) is 0 Å². The first-order chi connectivity index (χ1) is 22.2. The molecule has 47 heavy (non-hydrogen) atoms. The summed E-state index contributed by atoms with van der Waals surface area (Å²) < 4.78 is 6.18. The van der Waals surface area contributed by atoms with Gasteiger partial charge in [0.05, 0.1) is 24.7 Å². The summed E-state index contributed by atoms with van der Waals surface area (Å²) in [6, 6.07) is 0. The van der Waals surface area contributed by atoms with Crippen molar-refractivity contribution < 1.29 is 29.6 Å². The molecule has 6 nitrogen and oxygen atoms in total. The number of aliphatic hydroxyl groups is 2. The molecular formula is C41H68O6. The summed E-state index contributed by atoms with van der Waals surface area (Å²) in [5.74, 6) is 1.23. The summed E-state index contributed by atoms with van der Waals surface area (Å²) >= 11 is 0. The van der Waals surface area contributed by atoms with Gasteiger partial charge in [0.25, 0.3) is 0 Å². The number of ether oxygens (including phenoxy) is 1. The maximum absolute atomic E-state index is 14.2. The Labute approximate surface area is 285 Å². The smallest absolute Gasteiger partial charge is 0.312 e. The van der Waals surface area contributed by atoms with Crippen LogP contribution < -0.4 is 0 Å². The monoisotopic (exact) mass is 657 g/mol. The summed E-state index contributed by atoms with van der Waals surface area (Å²) in [4.78, 5) is 24.9. The SMILES string of the molecule is C=C(CO)[C@@H]1CC[C@]2(C(=O)OCCCCCCCCCCC(=O)O)CC[C@]3(C)[C@H](CC[C@@H]4[C@@]5(C)CC[C@H](O)C(C)(C)[C@@H]5CC[C@]43C)[C@@H]12. The molecule has 0 heterocycles. The van der Waals surface area contributed by atoms with Gasteiger partial charge in [-0.15, -0.1) is 0 Å². The van der Waals surface area contributed by atoms with Crippen molar-refractivity contribution in [2.24, 2.45) is 56.7 Å². The number of carbonyl (C=O) groups is 2. The van der Waals surface area contributed by atoms with E-state index in [0.29, 0.717) is 24.4 Å². The van der Waals surface area contributed by atoms with Gasteiger partial charge in [-0.25, -0.2) is 0 Å². The van der Waals surface area contributed by atoms with E-state index in [0.717, 1.165) is 102 Å². The third-order valence-corrected chi connectivity index (χ3v) is 16.1. The third-order valence-electron chi connectivity index (χ3n) is 16.1. The van der Waals surface area contributed by atoms with Crippen molar-refractivity contribution in [2.75, 3.05) is 13.2 Å². The Hall–Kier alpha value is -1.40. The summed E-state index contributed by atoms with van der Waals surface area (Å²) in [5, 5.41) is 30.1. The van der Waals surface area contributed by atoms with Crippen LogP contribution in [0, 0.1) is 56.7 Å². The minimum Gasteiger partial charge on any atom is -0.481 e. The maximum Gasteiger partial charge on any atom is 0.312 e. The van der Waals surface area contributed by atoms with Crippen molar-refractivity contribution >= 4 is 11.9 Å². The molecule has 0 aliphatic heterocycles. The number of esters is 1. The molecule has 0 radical (unpaired) electrons. The lowest BCUT2D eigenvalue weighted by atomic mass is 9.32. The second-order valence-electron chi connectivity index (χ2n) is 18.3. The van der Waals surface area contributed by atoms with E-state index in [-0.39, 0.29) is 58.6 Å². The van der Waals surface area contributed by atoms with Gasteiger partial charge >= 0.3 is 11.9 Å². The molecular weight excluding hydrogens is 588 g/mol. The molecule has 5 fully saturated rings. The normalized spacial score (nSPS) is 42.0. The van der Waals surface area contributed by atoms with Crippen LogP contribution in [0.3, 0.4) is 0 Å². The fourth-order valence-electron chi connectivity index (χ4n) is 13.3. The van der Waals surface area contributed by atoms with Crippen LogP contribution in [0.1, 0.15) is 157 Å². The maximum atomic E-state index is 14.2. The van der Waals surface area contributed by atoms with Gasteiger partial charge in [-0.1, -0.05) is 79.7 Å². The van der Waals surface area contributed by atoms with E-state index >= 15 is 0 Å². The third kappa shape index (κ3) is 6.27. The van der Waals surface area contributed by atoms with Crippen LogP contribution in [0.2, 0.25) is 0 Å². The summed E-state index contributed by atoms with van der Waals surface area (Å²) in [6.07, 6.45) is 18.7. The molecule has 268 valence electrons. The number of carbonyl (C=O) groups excluding carboxylic acids is 1. The highest BCUT2D eigenvalue weighted by Crippen LogP contribution is 2.77. The Balaban J connectivity index is 1.26. The molecule has 0 unspecified atom stereocenters. The van der Waals surface area contributed by atoms with Crippen LogP contribution in [0.5, 0.6) is 0 Å². The molecule has 5 saturated carbocycles. The number of fused-ring (bicyclic) bond motifs is 7. The van der Waals surface area contributed by atoms with Crippen LogP contribution in [0.15, 0.2) is 12.2 Å². The fourth-order valence-corrected chi connectivity index (χ4v) is 13.3. The van der Waals surface area contributed by atoms with Gasteiger partial charge in [-0.05, 0) is 134 Å². The molecule has 0 bridgehead atoms. The fraction of sp³-hybridized carbons (Fsp3) is 0.902. The van der Waals surface area contributed by atoms with E-state index in [9.17, 15) is 19.8 Å². The summed E-state index contributed by atoms with van der Waals surface area (Å²) in [7, 11) is 0. The highest BCUT2D eigenvalue weighted by molar-refractivity contribution is 5.78. The molecule has 10 atom stereocenters. The topological polar surface area (TPSA) is 104 Å². The van der Waals surface area contributed by atoms with E-state index in [1.54, 1.807) is 0 Å². The van der Waals surface area contributed by atoms with Crippen molar-refractivity contribution in [1.29, 1.82) is 0 Å². The molecule has 6 heteroatoms. The second kappa shape index (κ2) is 14.1. The minimum absolute atomic E-state index is 0.00760. The lowest BCUT2D eigenvalue weighted by Gasteiger charge is -2.72. The van der Waals surface area contributed by atoms with Gasteiger partial charge in [-0.3, -0.25) is 9.59 Å². The molecule has 3 N–H and O–H groups in total. The molecule has 0 aromatic heterocycles. The summed E-state index contributed by atoms with van der Waals surface area (Å²) in [6.45, 7) is 17.2. The summed E-state index contributed by atoms with van der Waals surface area (Å²) in [5.41, 5.74) is 0.897. The number of unbranched alkanes of at least 4 members (excludes halogenated alkanes) is 7. The van der Waals surface area contributed by atoms with E-state index in [1.165, 1.54) is 19.3 Å². The van der Waals surface area contributed by atoms with Gasteiger partial charge in [-0.2, -0.15) is 0 Å². The Morgan fingerprint density at radius 2 is 1.40 bits per heavy atom. The zero-order chi connectivity index (χ0) is 34.3. The molecule has 5 aliphatic rings. The number of carboxylic acid groups (broad SMARTS) is 1. The Morgan fingerprint density at radius 3 is 2.06 bits per heavy atom. The predicted molar refractivity (Wildman–Crippen MR) is 187 cm³/mol. The van der Waals surface area contributed by atoms with Crippen molar-refractivity contribution in [2.45, 2.75) is 163 Å². The highest BCUT2D eigenvalue weighted by atomic mass is 16.5. The van der Waals surface area contributed by atoms with Gasteiger partial charge in [0.15, 0.2) is 0 Å². The molecule has 0 amide bonds. The molecule has 0 spiro atoms. The lowest BCUT2D eigenvalue weighted by molar-refractivity contribution is -0.248. The number of rotatable bonds is 14. The molecule has 5 aliphatic carbocycles. The lowest BCUT2D eigenvalue weighted by Crippen LogP contribution is -2.67. The van der Waals surface area contributed by atoms with E-state index < -0.39 is 11.4 Å². The molecule has 0 aromatic carbocycles. The molecule has 0 saturated heterocycles. The Morgan fingerprint density at radius 1 is 0.745 bits per heavy atom. The first-order valence-electron chi connectivity index (χ1n) is 19.5. The number of hydrogen-bond acceptors (Lipinski definition) is 5. The van der Waals surface area contributed by atoms with E-state index in [4.69, 9.17) is 9.84 Å². The van der Waals surface area contributed by atoms with Crippen molar-refractivity contribution in [3.63, 3.8) is 0 Å². The van der Waals surface area contributed by atoms with Crippen LogP contribution in [-0.4, -0.2) is 46.6 Å². The molecule has 5 rings (SSSR count). The number of carboxylic acids is 1. The van der Waals surface area contributed by atoms with Crippen molar-refractivity contribution in [1.82, 2.24) is 0 Å². The number of aliphatic carboxylic acids is 1. The highest BCUT2D eigenvalue weighted by Gasteiger charge is 2.72. The number of hydrogen-bond donors (Lipinski definition) is 3. The van der Waals surface area contributed by atoms with Gasteiger partial charge in [0.1, 0.15) is 0 Å². The zero-order valence-electron chi connectivity index (χ0n) is 30.6. The Bertz CT molecular complexity index is 1150. The van der Waals surface area contributed by atoms with Crippen LogP contribution in [0.25, 0.3) is 0 Å². The average molecular weight is 657 g/mol. The molecule has 0 aromatic rings. The number of aliphatic hydroxyl groups excluding tert-OH is 2. The average Bonchev–Trinajstić information content (AvgIpc) is 3.42. The largest absolute Gasteiger partial charge is 0.481 e. The van der Waals surface area contributed by atoms with Gasteiger partial charge in [0.2, 0.25) is 0 Å². The van der Waals surface area contributed by atoms with E-state index in [2.05, 4.69) is 41.2 Å². The first-order valence-corrected chi connectivity index (χ1v) is 19.5. The standard InChI is InChI=1S/C41H68O6/c1-28(27-42)29-18-23-41(36(46)47-26-14-12-10-8-7-9-11-13-15-34(44)45)25-24-39(5)30(35(29)41)16-17-32-38(4)21-20-33(43)37(2,3)31(38)19-22-40(32,39)6/h29-33,35,42-43H,1,7-27H2,2-6H3,(H,44,45)/t29-,30+,31-,32+,33-,35+,38-,39+,40+,41-/m0/s1. The quantitative estimate of drug-likeness (QED) is 0.0979. The first kappa shape index (κ1) is 36.9. The Kier molecular flexibility index (Phi) is 11.0. The minimum atomic E-state index is -0.705. The zero-order valence-corrected chi connectivity index (χ0v) is 30.6. The van der Waals surface area contributed by atoms with Crippen molar-refractivity contribution in [3.05, 3.63) is 12.2 Å². The van der Waals surface area contributed by atoms with Gasteiger partial charge < -0.3 is 20.1 Å². The van der Waals surface area contributed by atoms with Crippen molar-refractivity contribution in [3.8, 4) is 0 Å². The van der Waals surface area contributed by atoms with Gasteiger partial charge in [0, 0.05) is 6.42 Å². The van der Waals surface area contributed by atoms with Crippen LogP contribution >= 0.6 is 0 Å².